The van der Waals surface area contributed by atoms with Crippen LogP contribution in [0.25, 0.3) is 0 Å². The van der Waals surface area contributed by atoms with Gasteiger partial charge in [0.1, 0.15) is 6.04 Å². The number of nitrogens with zero attached hydrogens (tertiary/aromatic N) is 1. The van der Waals surface area contributed by atoms with E-state index in [0.717, 1.165) is 19.4 Å². The van der Waals surface area contributed by atoms with Crippen molar-refractivity contribution in [2.45, 2.75) is 24.9 Å². The number of likely N-dealkylation sites (N-methyl/N-ethyl adjacent to an activating group) is 1. The number of nitrogens with one attached hydrogen (secondary N) is 1. The van der Waals surface area contributed by atoms with E-state index in [1.165, 1.54) is 11.1 Å². The summed E-state index contributed by atoms with van der Waals surface area (Å²) in [4.78, 5) is 14.4. The van der Waals surface area contributed by atoms with Gasteiger partial charge in [-0.05, 0) is 24.0 Å². The maximum absolute atomic E-state index is 12.5. The Labute approximate surface area is 113 Å². The van der Waals surface area contributed by atoms with Crippen LogP contribution in [0.15, 0.2) is 24.3 Å². The number of benzene rings is 1. The quantitative estimate of drug-likeness (QED) is 0.866. The summed E-state index contributed by atoms with van der Waals surface area (Å²) in [6, 6.07) is 8.45. The summed E-state index contributed by atoms with van der Waals surface area (Å²) < 4.78 is 5.38. The summed E-state index contributed by atoms with van der Waals surface area (Å²) in [7, 11) is 1.91. The van der Waals surface area contributed by atoms with Crippen molar-refractivity contribution in [3.8, 4) is 0 Å². The third-order valence-electron chi connectivity index (χ3n) is 4.14. The molecule has 102 valence electrons. The Morgan fingerprint density at radius 1 is 1.42 bits per heavy atom. The van der Waals surface area contributed by atoms with E-state index in [2.05, 4.69) is 29.6 Å². The van der Waals surface area contributed by atoms with Crippen molar-refractivity contribution >= 4 is 5.91 Å². The van der Waals surface area contributed by atoms with Crippen LogP contribution in [0.4, 0.5) is 0 Å². The minimum absolute atomic E-state index is 0.140. The van der Waals surface area contributed by atoms with E-state index < -0.39 is 0 Å². The third kappa shape index (κ3) is 2.38. The number of carbonyl (C=O) groups excluding carboxylic acids is 1. The van der Waals surface area contributed by atoms with Crippen LogP contribution in [0.3, 0.4) is 0 Å². The lowest BCUT2D eigenvalue weighted by Gasteiger charge is -2.31. The van der Waals surface area contributed by atoms with Crippen LogP contribution in [0.1, 0.15) is 23.6 Å². The molecule has 1 heterocycles. The molecule has 0 bridgehead atoms. The van der Waals surface area contributed by atoms with Gasteiger partial charge in [0, 0.05) is 13.6 Å². The number of ether oxygens (including phenoxy) is 1. The molecule has 1 amide bonds. The summed E-state index contributed by atoms with van der Waals surface area (Å²) in [5.74, 6) is 0.140. The molecule has 0 radical (unpaired) electrons. The second kappa shape index (κ2) is 5.31. The van der Waals surface area contributed by atoms with Gasteiger partial charge in [0.05, 0.1) is 19.3 Å². The number of hydrogen-bond donors (Lipinski definition) is 1. The first kappa shape index (κ1) is 12.6. The molecule has 1 aliphatic heterocycles. The Bertz CT molecular complexity index is 469. The monoisotopic (exact) mass is 260 g/mol. The first-order valence-corrected chi connectivity index (χ1v) is 6.93. The minimum Gasteiger partial charge on any atom is -0.378 e. The van der Waals surface area contributed by atoms with E-state index in [4.69, 9.17) is 4.74 Å². The van der Waals surface area contributed by atoms with Crippen LogP contribution in [-0.4, -0.2) is 43.7 Å². The van der Waals surface area contributed by atoms with Crippen LogP contribution in [0.2, 0.25) is 0 Å². The number of amides is 1. The molecule has 4 nitrogen and oxygen atoms in total. The van der Waals surface area contributed by atoms with Crippen LogP contribution >= 0.6 is 0 Å². The first-order valence-electron chi connectivity index (χ1n) is 6.93. The third-order valence-corrected chi connectivity index (χ3v) is 4.14. The summed E-state index contributed by atoms with van der Waals surface area (Å²) >= 11 is 0. The normalized spacial score (nSPS) is 25.9. The zero-order valence-corrected chi connectivity index (χ0v) is 11.3. The maximum Gasteiger partial charge on any atom is 0.242 e. The van der Waals surface area contributed by atoms with Crippen molar-refractivity contribution < 1.29 is 9.53 Å². The number of carbonyl (C=O) groups is 1. The van der Waals surface area contributed by atoms with Gasteiger partial charge in [-0.1, -0.05) is 24.3 Å². The summed E-state index contributed by atoms with van der Waals surface area (Å²) in [5, 5.41) is 3.23. The Kier molecular flexibility index (Phi) is 3.53. The molecule has 0 saturated carbocycles. The molecule has 0 aromatic heterocycles. The predicted octanol–water partition coefficient (Wildman–Crippen LogP) is 1.12. The molecule has 3 rings (SSSR count). The average molecular weight is 260 g/mol. The smallest absolute Gasteiger partial charge is 0.242 e. The highest BCUT2D eigenvalue weighted by molar-refractivity contribution is 5.82. The minimum atomic E-state index is -0.188. The van der Waals surface area contributed by atoms with E-state index >= 15 is 0 Å². The molecule has 1 aromatic rings. The summed E-state index contributed by atoms with van der Waals surface area (Å²) in [5.41, 5.74) is 2.68. The van der Waals surface area contributed by atoms with Gasteiger partial charge in [-0.25, -0.2) is 0 Å². The van der Waals surface area contributed by atoms with Gasteiger partial charge >= 0.3 is 0 Å². The topological polar surface area (TPSA) is 41.6 Å². The number of morpholine rings is 1. The van der Waals surface area contributed by atoms with Gasteiger partial charge in [0.25, 0.3) is 0 Å². The molecular formula is C15H20N2O2. The van der Waals surface area contributed by atoms with Crippen molar-refractivity contribution in [1.29, 1.82) is 0 Å². The molecule has 1 aromatic carbocycles. The molecule has 4 heteroatoms. The second-order valence-corrected chi connectivity index (χ2v) is 5.28. The maximum atomic E-state index is 12.5. The van der Waals surface area contributed by atoms with Gasteiger partial charge < -0.3 is 15.0 Å². The predicted molar refractivity (Wildman–Crippen MR) is 72.9 cm³/mol. The van der Waals surface area contributed by atoms with Crippen LogP contribution in [0, 0.1) is 0 Å². The first-order chi connectivity index (χ1) is 9.27. The highest BCUT2D eigenvalue weighted by atomic mass is 16.5. The number of rotatable bonds is 2. The standard InChI is InChI=1S/C15H20N2O2/c1-17(15(18)13-10-19-9-8-16-13)14-7-6-11-4-2-3-5-12(11)14/h2-5,13-14,16H,6-10H2,1H3. The van der Waals surface area contributed by atoms with Gasteiger partial charge in [0.15, 0.2) is 0 Å². The van der Waals surface area contributed by atoms with E-state index in [1.54, 1.807) is 0 Å². The second-order valence-electron chi connectivity index (χ2n) is 5.28. The van der Waals surface area contributed by atoms with Crippen molar-refractivity contribution in [2.75, 3.05) is 26.8 Å². The Morgan fingerprint density at radius 2 is 2.26 bits per heavy atom. The van der Waals surface area contributed by atoms with E-state index in [1.807, 2.05) is 11.9 Å². The van der Waals surface area contributed by atoms with Gasteiger partial charge in [0.2, 0.25) is 5.91 Å². The zero-order valence-electron chi connectivity index (χ0n) is 11.3. The SMILES string of the molecule is CN(C(=O)C1COCCN1)C1CCc2ccccc21. The molecule has 2 aliphatic rings. The number of fused-ring (bicyclic) bond motifs is 1. The van der Waals surface area contributed by atoms with Gasteiger partial charge in [-0.3, -0.25) is 4.79 Å². The van der Waals surface area contributed by atoms with Crippen LogP contribution < -0.4 is 5.32 Å². The number of aryl methyl sites for hydroxylation is 1. The fourth-order valence-corrected chi connectivity index (χ4v) is 3.06. The van der Waals surface area contributed by atoms with Crippen molar-refractivity contribution in [2.24, 2.45) is 0 Å². The van der Waals surface area contributed by atoms with E-state index in [9.17, 15) is 4.79 Å². The van der Waals surface area contributed by atoms with Crippen molar-refractivity contribution in [1.82, 2.24) is 10.2 Å². The molecule has 1 saturated heterocycles. The van der Waals surface area contributed by atoms with E-state index in [-0.39, 0.29) is 18.0 Å². The van der Waals surface area contributed by atoms with Gasteiger partial charge in [-0.2, -0.15) is 0 Å². The molecule has 1 N–H and O–H groups in total. The largest absolute Gasteiger partial charge is 0.378 e. The lowest BCUT2D eigenvalue weighted by Crippen LogP contribution is -2.52. The van der Waals surface area contributed by atoms with E-state index in [0.29, 0.717) is 13.2 Å². The zero-order chi connectivity index (χ0) is 13.2. The fourth-order valence-electron chi connectivity index (χ4n) is 3.06. The highest BCUT2D eigenvalue weighted by Gasteiger charge is 2.32. The summed E-state index contributed by atoms with van der Waals surface area (Å²) in [6.07, 6.45) is 2.09. The molecule has 1 aliphatic carbocycles. The molecule has 0 spiro atoms. The van der Waals surface area contributed by atoms with Crippen molar-refractivity contribution in [3.05, 3.63) is 35.4 Å². The van der Waals surface area contributed by atoms with Crippen molar-refractivity contribution in [3.63, 3.8) is 0 Å². The number of hydrogen-bond acceptors (Lipinski definition) is 3. The van der Waals surface area contributed by atoms with Crippen LogP contribution in [-0.2, 0) is 16.0 Å². The Hall–Kier alpha value is -1.39. The molecular weight excluding hydrogens is 240 g/mol. The summed E-state index contributed by atoms with van der Waals surface area (Å²) in [6.45, 7) is 1.93. The molecule has 19 heavy (non-hydrogen) atoms. The van der Waals surface area contributed by atoms with Gasteiger partial charge in [-0.15, -0.1) is 0 Å². The Morgan fingerprint density at radius 3 is 3.05 bits per heavy atom. The highest BCUT2D eigenvalue weighted by Crippen LogP contribution is 2.35. The molecule has 2 atom stereocenters. The molecule has 1 fully saturated rings. The lowest BCUT2D eigenvalue weighted by molar-refractivity contribution is -0.137. The lowest BCUT2D eigenvalue weighted by atomic mass is 10.1. The van der Waals surface area contributed by atoms with Crippen LogP contribution in [0.5, 0.6) is 0 Å². The Balaban J connectivity index is 1.74. The average Bonchev–Trinajstić information content (AvgIpc) is 2.90. The molecule has 2 unspecified atom stereocenters. The fraction of sp³-hybridized carbons (Fsp3) is 0.533.